The van der Waals surface area contributed by atoms with Crippen molar-refractivity contribution in [3.05, 3.63) is 65.9 Å². The molecule has 0 aliphatic heterocycles. The van der Waals surface area contributed by atoms with Crippen LogP contribution in [0.5, 0.6) is 5.75 Å². The largest absolute Gasteiger partial charge is 0.494 e. The van der Waals surface area contributed by atoms with Crippen LogP contribution in [0.25, 0.3) is 16.9 Å². The fraction of sp³-hybridized carbons (Fsp3) is 0.292. The Bertz CT molecular complexity index is 1040. The van der Waals surface area contributed by atoms with Crippen molar-refractivity contribution >= 4 is 11.9 Å². The first-order valence-corrected chi connectivity index (χ1v) is 10.2. The number of hydrogen-bond donors (Lipinski definition) is 0. The summed E-state index contributed by atoms with van der Waals surface area (Å²) in [7, 11) is 2.52. The average Bonchev–Trinajstić information content (AvgIpc) is 3.22. The number of nitrogens with zero attached hydrogens (tertiary/aromatic N) is 2. The van der Waals surface area contributed by atoms with E-state index in [4.69, 9.17) is 14.2 Å². The number of para-hydroxylation sites is 1. The number of esters is 2. The fourth-order valence-corrected chi connectivity index (χ4v) is 3.23. The van der Waals surface area contributed by atoms with Gasteiger partial charge in [-0.3, -0.25) is 0 Å². The summed E-state index contributed by atoms with van der Waals surface area (Å²) >= 11 is 0. The number of aromatic nitrogens is 2. The Kier molecular flexibility index (Phi) is 7.43. The zero-order chi connectivity index (χ0) is 22.2. The average molecular weight is 422 g/mol. The van der Waals surface area contributed by atoms with Gasteiger partial charge in [-0.25, -0.2) is 14.3 Å². The molecule has 0 radical (unpaired) electrons. The fourth-order valence-electron chi connectivity index (χ4n) is 3.23. The molecule has 0 spiro atoms. The minimum atomic E-state index is -0.685. The summed E-state index contributed by atoms with van der Waals surface area (Å²) in [6.07, 6.45) is 3.17. The van der Waals surface area contributed by atoms with E-state index in [9.17, 15) is 9.59 Å². The first-order valence-electron chi connectivity index (χ1n) is 10.2. The summed E-state index contributed by atoms with van der Waals surface area (Å²) in [5, 5.41) is 4.60. The Labute approximate surface area is 181 Å². The van der Waals surface area contributed by atoms with Crippen LogP contribution in [0.4, 0.5) is 0 Å². The van der Waals surface area contributed by atoms with Crippen LogP contribution in [0.3, 0.4) is 0 Å². The van der Waals surface area contributed by atoms with Gasteiger partial charge in [0.25, 0.3) is 0 Å². The zero-order valence-corrected chi connectivity index (χ0v) is 18.0. The second-order valence-corrected chi connectivity index (χ2v) is 6.89. The molecule has 0 fully saturated rings. The maximum atomic E-state index is 12.7. The van der Waals surface area contributed by atoms with Crippen LogP contribution in [0.2, 0.25) is 0 Å². The predicted octanol–water partition coefficient (Wildman–Crippen LogP) is 4.68. The molecule has 0 aliphatic carbocycles. The SMILES string of the molecule is CCCCCOc1cccc(-c2nn(-c3ccccc3)c(C(=O)OC)c2C(=O)OC)c1. The second kappa shape index (κ2) is 10.4. The third-order valence-corrected chi connectivity index (χ3v) is 4.78. The Morgan fingerprint density at radius 3 is 2.35 bits per heavy atom. The summed E-state index contributed by atoms with van der Waals surface area (Å²) in [5.41, 5.74) is 1.61. The molecular formula is C24H26N2O5. The molecule has 3 aromatic rings. The molecule has 0 amide bonds. The molecule has 0 saturated heterocycles. The number of unbranched alkanes of at least 4 members (excludes halogenated alkanes) is 2. The Hall–Kier alpha value is -3.61. The molecule has 7 nitrogen and oxygen atoms in total. The van der Waals surface area contributed by atoms with E-state index in [0.717, 1.165) is 19.3 Å². The molecular weight excluding hydrogens is 396 g/mol. The van der Waals surface area contributed by atoms with Crippen LogP contribution >= 0.6 is 0 Å². The van der Waals surface area contributed by atoms with Crippen LogP contribution < -0.4 is 4.74 Å². The van der Waals surface area contributed by atoms with Gasteiger partial charge < -0.3 is 14.2 Å². The molecule has 0 aliphatic rings. The maximum absolute atomic E-state index is 12.7. The molecule has 0 unspecified atom stereocenters. The maximum Gasteiger partial charge on any atom is 0.357 e. The molecule has 31 heavy (non-hydrogen) atoms. The van der Waals surface area contributed by atoms with Crippen LogP contribution in [0.1, 0.15) is 47.0 Å². The molecule has 1 aromatic heterocycles. The zero-order valence-electron chi connectivity index (χ0n) is 18.0. The monoisotopic (exact) mass is 422 g/mol. The topological polar surface area (TPSA) is 79.7 Å². The lowest BCUT2D eigenvalue weighted by Gasteiger charge is -2.08. The Morgan fingerprint density at radius 1 is 0.935 bits per heavy atom. The molecule has 7 heteroatoms. The van der Waals surface area contributed by atoms with Crippen molar-refractivity contribution in [3.8, 4) is 22.7 Å². The summed E-state index contributed by atoms with van der Waals surface area (Å²) < 4.78 is 17.2. The van der Waals surface area contributed by atoms with Crippen molar-refractivity contribution in [2.24, 2.45) is 0 Å². The summed E-state index contributed by atoms with van der Waals surface area (Å²) in [6.45, 7) is 2.74. The van der Waals surface area contributed by atoms with Gasteiger partial charge >= 0.3 is 11.9 Å². The van der Waals surface area contributed by atoms with Crippen molar-refractivity contribution in [3.63, 3.8) is 0 Å². The van der Waals surface area contributed by atoms with E-state index >= 15 is 0 Å². The molecule has 0 N–H and O–H groups in total. The lowest BCUT2D eigenvalue weighted by molar-refractivity contribution is 0.0549. The molecule has 162 valence electrons. The summed E-state index contributed by atoms with van der Waals surface area (Å²) in [4.78, 5) is 25.4. The molecule has 2 aromatic carbocycles. The van der Waals surface area contributed by atoms with Gasteiger partial charge in [-0.15, -0.1) is 0 Å². The minimum absolute atomic E-state index is 0.00446. The number of ether oxygens (including phenoxy) is 3. The van der Waals surface area contributed by atoms with Crippen molar-refractivity contribution in [2.75, 3.05) is 20.8 Å². The first-order chi connectivity index (χ1) is 15.1. The van der Waals surface area contributed by atoms with E-state index in [2.05, 4.69) is 12.0 Å². The highest BCUT2D eigenvalue weighted by molar-refractivity contribution is 6.06. The molecule has 3 rings (SSSR count). The van der Waals surface area contributed by atoms with Crippen molar-refractivity contribution in [1.82, 2.24) is 9.78 Å². The molecule has 0 saturated carbocycles. The third kappa shape index (κ3) is 4.94. The van der Waals surface area contributed by atoms with Gasteiger partial charge in [0.15, 0.2) is 5.69 Å². The van der Waals surface area contributed by atoms with Crippen LogP contribution in [-0.4, -0.2) is 42.5 Å². The van der Waals surface area contributed by atoms with Crippen LogP contribution in [0.15, 0.2) is 54.6 Å². The van der Waals surface area contributed by atoms with Crippen molar-refractivity contribution in [2.45, 2.75) is 26.2 Å². The normalized spacial score (nSPS) is 10.5. The summed E-state index contributed by atoms with van der Waals surface area (Å²) in [6, 6.07) is 16.4. The number of methoxy groups -OCH3 is 2. The number of rotatable bonds is 9. The lowest BCUT2D eigenvalue weighted by Crippen LogP contribution is -2.15. The van der Waals surface area contributed by atoms with Gasteiger partial charge in [-0.2, -0.15) is 5.10 Å². The van der Waals surface area contributed by atoms with E-state index in [1.807, 2.05) is 36.4 Å². The third-order valence-electron chi connectivity index (χ3n) is 4.78. The van der Waals surface area contributed by atoms with E-state index in [0.29, 0.717) is 29.3 Å². The summed E-state index contributed by atoms with van der Waals surface area (Å²) in [5.74, 6) is -0.694. The first kappa shape index (κ1) is 22.1. The minimum Gasteiger partial charge on any atom is -0.494 e. The van der Waals surface area contributed by atoms with Gasteiger partial charge in [0.2, 0.25) is 0 Å². The number of carbonyl (C=O) groups is 2. The van der Waals surface area contributed by atoms with Crippen molar-refractivity contribution < 1.29 is 23.8 Å². The Morgan fingerprint density at radius 2 is 1.68 bits per heavy atom. The van der Waals surface area contributed by atoms with Gasteiger partial charge in [0, 0.05) is 5.56 Å². The van der Waals surface area contributed by atoms with Gasteiger partial charge in [-0.05, 0) is 30.7 Å². The lowest BCUT2D eigenvalue weighted by atomic mass is 10.1. The Balaban J connectivity index is 2.13. The van der Waals surface area contributed by atoms with E-state index in [1.165, 1.54) is 18.9 Å². The highest BCUT2D eigenvalue weighted by Crippen LogP contribution is 2.31. The smallest absolute Gasteiger partial charge is 0.357 e. The van der Waals surface area contributed by atoms with Gasteiger partial charge in [0.05, 0.1) is 26.5 Å². The van der Waals surface area contributed by atoms with Crippen LogP contribution in [-0.2, 0) is 9.47 Å². The highest BCUT2D eigenvalue weighted by Gasteiger charge is 2.31. The van der Waals surface area contributed by atoms with Gasteiger partial charge in [-0.1, -0.05) is 50.1 Å². The number of benzene rings is 2. The van der Waals surface area contributed by atoms with E-state index < -0.39 is 11.9 Å². The highest BCUT2D eigenvalue weighted by atomic mass is 16.5. The molecule has 0 bridgehead atoms. The number of carbonyl (C=O) groups excluding carboxylic acids is 2. The molecule has 0 atom stereocenters. The van der Waals surface area contributed by atoms with Crippen LogP contribution in [0, 0.1) is 0 Å². The van der Waals surface area contributed by atoms with Gasteiger partial charge in [0.1, 0.15) is 17.0 Å². The van der Waals surface area contributed by atoms with E-state index in [1.54, 1.807) is 18.2 Å². The predicted molar refractivity (Wildman–Crippen MR) is 117 cm³/mol. The molecule has 1 heterocycles. The number of hydrogen-bond acceptors (Lipinski definition) is 6. The van der Waals surface area contributed by atoms with Crippen molar-refractivity contribution in [1.29, 1.82) is 0 Å². The standard InChI is InChI=1S/C24H26N2O5/c1-4-5-9-15-31-19-14-10-11-17(16-19)21-20(23(27)29-2)22(24(28)30-3)26(25-21)18-12-7-6-8-13-18/h6-8,10-14,16H,4-5,9,15H2,1-3H3. The van der Waals surface area contributed by atoms with E-state index in [-0.39, 0.29) is 11.3 Å². The second-order valence-electron chi connectivity index (χ2n) is 6.89. The quantitative estimate of drug-likeness (QED) is 0.368.